The van der Waals surface area contributed by atoms with Crippen LogP contribution >= 0.6 is 11.8 Å². The van der Waals surface area contributed by atoms with Crippen molar-refractivity contribution in [3.63, 3.8) is 0 Å². The number of aliphatic carboxylic acids is 1. The van der Waals surface area contributed by atoms with E-state index in [1.54, 1.807) is 31.4 Å². The Morgan fingerprint density at radius 1 is 1.15 bits per heavy atom. The van der Waals surface area contributed by atoms with Crippen molar-refractivity contribution in [1.82, 2.24) is 19.1 Å². The average molecular weight is 387 g/mol. The van der Waals surface area contributed by atoms with Gasteiger partial charge in [0, 0.05) is 25.4 Å². The third-order valence-electron chi connectivity index (χ3n) is 3.94. The number of hydrogen-bond acceptors (Lipinski definition) is 8. The number of carboxylic acid groups (broad SMARTS) is 1. The molecule has 0 spiro atoms. The number of carboxylic acids is 1. The van der Waals surface area contributed by atoms with Crippen LogP contribution in [0.15, 0.2) is 38.9 Å². The van der Waals surface area contributed by atoms with Crippen molar-refractivity contribution in [1.29, 1.82) is 0 Å². The van der Waals surface area contributed by atoms with Crippen LogP contribution < -0.4 is 21.1 Å². The molecule has 0 saturated carbocycles. The van der Waals surface area contributed by atoms with E-state index in [4.69, 9.17) is 4.74 Å². The van der Waals surface area contributed by atoms with Gasteiger partial charge in [-0.25, -0.2) is 14.8 Å². The summed E-state index contributed by atoms with van der Waals surface area (Å²) in [6, 6.07) is 6.90. The molecule has 10 heteroatoms. The molecule has 0 aliphatic carbocycles. The molecule has 0 saturated heterocycles. The van der Waals surface area contributed by atoms with Crippen LogP contribution in [-0.4, -0.2) is 37.9 Å². The maximum atomic E-state index is 12.6. The maximum Gasteiger partial charge on any atom is 0.332 e. The van der Waals surface area contributed by atoms with Gasteiger partial charge >= 0.3 is 5.69 Å². The van der Waals surface area contributed by atoms with Gasteiger partial charge in [-0.15, -0.1) is 0 Å². The van der Waals surface area contributed by atoms with Crippen LogP contribution in [0, 0.1) is 0 Å². The molecule has 0 atom stereocenters. The molecule has 0 aliphatic heterocycles. The lowest BCUT2D eigenvalue weighted by Gasteiger charge is -2.12. The number of nitrogens with zero attached hydrogens (tertiary/aromatic N) is 4. The fraction of sp³-hybridized carbons (Fsp3) is 0.235. The molecule has 0 aliphatic rings. The largest absolute Gasteiger partial charge is 0.549 e. The summed E-state index contributed by atoms with van der Waals surface area (Å²) in [6.07, 6.45) is 0. The molecule has 9 nitrogen and oxygen atoms in total. The minimum absolute atomic E-state index is 0.0862. The van der Waals surface area contributed by atoms with E-state index in [0.717, 1.165) is 16.3 Å². The lowest BCUT2D eigenvalue weighted by atomic mass is 10.2. The van der Waals surface area contributed by atoms with E-state index >= 15 is 0 Å². The zero-order valence-electron chi connectivity index (χ0n) is 14.8. The second-order valence-corrected chi connectivity index (χ2v) is 6.61. The van der Waals surface area contributed by atoms with Crippen molar-refractivity contribution in [2.24, 2.45) is 14.1 Å². The lowest BCUT2D eigenvalue weighted by molar-refractivity contribution is -0.301. The van der Waals surface area contributed by atoms with Gasteiger partial charge in [0.05, 0.1) is 13.1 Å². The van der Waals surface area contributed by atoms with E-state index in [1.165, 1.54) is 18.7 Å². The molecule has 0 fully saturated rings. The van der Waals surface area contributed by atoms with Crippen molar-refractivity contribution in [2.75, 3.05) is 12.9 Å². The number of rotatable bonds is 5. The Bertz CT molecular complexity index is 1150. The van der Waals surface area contributed by atoms with E-state index in [2.05, 4.69) is 9.97 Å². The van der Waals surface area contributed by atoms with Crippen molar-refractivity contribution < 1.29 is 14.6 Å². The zero-order valence-corrected chi connectivity index (χ0v) is 15.6. The van der Waals surface area contributed by atoms with Crippen LogP contribution in [0.1, 0.15) is 0 Å². The van der Waals surface area contributed by atoms with Gasteiger partial charge in [0.2, 0.25) is 0 Å². The number of ether oxygens (including phenoxy) is 1. The first-order chi connectivity index (χ1) is 12.8. The highest BCUT2D eigenvalue weighted by Crippen LogP contribution is 2.26. The molecule has 0 unspecified atom stereocenters. The van der Waals surface area contributed by atoms with Gasteiger partial charge in [-0.3, -0.25) is 13.9 Å². The van der Waals surface area contributed by atoms with Gasteiger partial charge in [-0.1, -0.05) is 11.8 Å². The summed E-state index contributed by atoms with van der Waals surface area (Å²) in [5.41, 5.74) is -0.371. The van der Waals surface area contributed by atoms with E-state index in [9.17, 15) is 19.5 Å². The van der Waals surface area contributed by atoms with Crippen LogP contribution in [0.4, 0.5) is 0 Å². The summed E-state index contributed by atoms with van der Waals surface area (Å²) in [5.74, 6) is -0.777. The third kappa shape index (κ3) is 3.43. The summed E-state index contributed by atoms with van der Waals surface area (Å²) in [6.45, 7) is 0. The zero-order chi connectivity index (χ0) is 19.7. The van der Waals surface area contributed by atoms with E-state index in [-0.39, 0.29) is 27.6 Å². The highest BCUT2D eigenvalue weighted by Gasteiger charge is 2.18. The number of carbonyl (C=O) groups is 1. The number of aryl methyl sites for hydroxylation is 1. The minimum atomic E-state index is -1.29. The normalized spacial score (nSPS) is 10.9. The summed E-state index contributed by atoms with van der Waals surface area (Å²) >= 11 is 0.845. The molecule has 1 aromatic carbocycles. The first kappa shape index (κ1) is 18.6. The molecule has 0 amide bonds. The fourth-order valence-corrected chi connectivity index (χ4v) is 3.26. The lowest BCUT2D eigenvalue weighted by Crippen LogP contribution is -2.37. The number of carbonyl (C=O) groups excluding carboxylic acids is 1. The number of fused-ring (bicyclic) bond motifs is 1. The number of methoxy groups -OCH3 is 1. The standard InChI is InChI=1S/C17H16N4O5S/c1-20-14-12(16(24)21(2)17(20)25)15(27-8-11(22)23)19-13(18-14)9-4-6-10(26-3)7-5-9/h4-7H,8H2,1-3H3,(H,22,23)/p-1. The van der Waals surface area contributed by atoms with Crippen LogP contribution in [0.5, 0.6) is 5.75 Å². The molecule has 27 heavy (non-hydrogen) atoms. The maximum absolute atomic E-state index is 12.6. The number of benzene rings is 1. The molecule has 3 rings (SSSR count). The van der Waals surface area contributed by atoms with Gasteiger partial charge in [-0.05, 0) is 24.3 Å². The van der Waals surface area contributed by atoms with Crippen LogP contribution in [0.2, 0.25) is 0 Å². The molecule has 2 heterocycles. The van der Waals surface area contributed by atoms with Gasteiger partial charge in [-0.2, -0.15) is 0 Å². The monoisotopic (exact) mass is 387 g/mol. The Morgan fingerprint density at radius 2 is 1.81 bits per heavy atom. The summed E-state index contributed by atoms with van der Waals surface area (Å²) < 4.78 is 7.28. The topological polar surface area (TPSA) is 119 Å². The Kier molecular flexibility index (Phi) is 5.00. The van der Waals surface area contributed by atoms with E-state index in [0.29, 0.717) is 11.3 Å². The van der Waals surface area contributed by atoms with Crippen molar-refractivity contribution >= 4 is 28.8 Å². The SMILES string of the molecule is COc1ccc(-c2nc(SCC(=O)[O-])c3c(=O)n(C)c(=O)n(C)c3n2)cc1. The van der Waals surface area contributed by atoms with Crippen molar-refractivity contribution in [3.8, 4) is 17.1 Å². The molecular formula is C17H15N4O5S-. The molecule has 140 valence electrons. The third-order valence-corrected chi connectivity index (χ3v) is 4.89. The second-order valence-electron chi connectivity index (χ2n) is 5.65. The van der Waals surface area contributed by atoms with Gasteiger partial charge in [0.15, 0.2) is 11.5 Å². The summed E-state index contributed by atoms with van der Waals surface area (Å²) in [5, 5.41) is 11.1. The van der Waals surface area contributed by atoms with Crippen molar-refractivity contribution in [3.05, 3.63) is 45.1 Å². The molecule has 0 radical (unpaired) electrons. The quantitative estimate of drug-likeness (QED) is 0.426. The smallest absolute Gasteiger partial charge is 0.332 e. The summed E-state index contributed by atoms with van der Waals surface area (Å²) in [7, 11) is 4.37. The Hall–Kier alpha value is -3.14. The van der Waals surface area contributed by atoms with Crippen molar-refractivity contribution in [2.45, 2.75) is 5.03 Å². The second kappa shape index (κ2) is 7.23. The van der Waals surface area contributed by atoms with Crippen LogP contribution in [0.3, 0.4) is 0 Å². The van der Waals surface area contributed by atoms with Gasteiger partial charge in [0.25, 0.3) is 5.56 Å². The summed E-state index contributed by atoms with van der Waals surface area (Å²) in [4.78, 5) is 44.4. The minimum Gasteiger partial charge on any atom is -0.549 e. The Morgan fingerprint density at radius 3 is 2.41 bits per heavy atom. The Labute approximate surface area is 157 Å². The molecule has 0 N–H and O–H groups in total. The first-order valence-electron chi connectivity index (χ1n) is 7.78. The molecule has 0 bridgehead atoms. The predicted octanol–water partition coefficient (Wildman–Crippen LogP) is -0.455. The molecule has 2 aromatic heterocycles. The van der Waals surface area contributed by atoms with Crippen LogP contribution in [0.25, 0.3) is 22.4 Å². The average Bonchev–Trinajstić information content (AvgIpc) is 2.68. The fourth-order valence-electron chi connectivity index (χ4n) is 2.53. The van der Waals surface area contributed by atoms with Gasteiger partial charge < -0.3 is 14.6 Å². The van der Waals surface area contributed by atoms with Gasteiger partial charge in [0.1, 0.15) is 16.2 Å². The number of aromatic nitrogens is 4. The highest BCUT2D eigenvalue weighted by atomic mass is 32.2. The van der Waals surface area contributed by atoms with E-state index in [1.807, 2.05) is 0 Å². The van der Waals surface area contributed by atoms with Crippen LogP contribution in [-0.2, 0) is 18.9 Å². The first-order valence-corrected chi connectivity index (χ1v) is 8.77. The molecular weight excluding hydrogens is 372 g/mol. The molecule has 3 aromatic rings. The van der Waals surface area contributed by atoms with E-state index < -0.39 is 17.2 Å². The predicted molar refractivity (Wildman–Crippen MR) is 97.7 cm³/mol. The Balaban J connectivity index is 2.31. The number of thioether (sulfide) groups is 1. The highest BCUT2D eigenvalue weighted by molar-refractivity contribution is 8.00. The number of hydrogen-bond donors (Lipinski definition) is 0.